The first-order valence-electron chi connectivity index (χ1n) is 9.48. The van der Waals surface area contributed by atoms with E-state index in [2.05, 4.69) is 20.8 Å². The van der Waals surface area contributed by atoms with Crippen molar-refractivity contribution >= 4 is 5.78 Å². The van der Waals surface area contributed by atoms with Crippen molar-refractivity contribution in [2.24, 2.45) is 39.9 Å². The first-order chi connectivity index (χ1) is 10.3. The zero-order valence-corrected chi connectivity index (χ0v) is 14.5. The second-order valence-corrected chi connectivity index (χ2v) is 9.85. The van der Waals surface area contributed by atoms with E-state index >= 15 is 0 Å². The average Bonchev–Trinajstić information content (AvgIpc) is 2.74. The highest BCUT2D eigenvalue weighted by atomic mass is 16.3. The molecule has 0 aliphatic heterocycles. The molecular weight excluding hydrogens is 272 g/mol. The van der Waals surface area contributed by atoms with Crippen molar-refractivity contribution < 1.29 is 9.90 Å². The fraction of sp³-hybridized carbons (Fsp3) is 0.950. The number of fused-ring (bicyclic) bond motifs is 3. The van der Waals surface area contributed by atoms with Gasteiger partial charge in [-0.3, -0.25) is 4.79 Å². The molecule has 22 heavy (non-hydrogen) atoms. The molecule has 0 heterocycles. The van der Waals surface area contributed by atoms with E-state index in [0.29, 0.717) is 35.1 Å². The molecule has 0 aromatic carbocycles. The van der Waals surface area contributed by atoms with Gasteiger partial charge in [0.25, 0.3) is 0 Å². The third-order valence-corrected chi connectivity index (χ3v) is 8.81. The average molecular weight is 304 g/mol. The van der Waals surface area contributed by atoms with E-state index in [1.165, 1.54) is 38.5 Å². The van der Waals surface area contributed by atoms with Crippen molar-refractivity contribution in [3.05, 3.63) is 0 Å². The Morgan fingerprint density at radius 3 is 2.55 bits per heavy atom. The smallest absolute Gasteiger partial charge is 0.138 e. The molecule has 2 bridgehead atoms. The lowest BCUT2D eigenvalue weighted by molar-refractivity contribution is -0.165. The summed E-state index contributed by atoms with van der Waals surface area (Å²) in [5.74, 6) is 3.20. The second-order valence-electron chi connectivity index (χ2n) is 9.85. The number of carbonyl (C=O) groups is 1. The van der Waals surface area contributed by atoms with Crippen molar-refractivity contribution in [3.63, 3.8) is 0 Å². The van der Waals surface area contributed by atoms with Gasteiger partial charge in [0.05, 0.1) is 0 Å². The molecule has 0 radical (unpaired) electrons. The Morgan fingerprint density at radius 1 is 1.05 bits per heavy atom. The van der Waals surface area contributed by atoms with Gasteiger partial charge in [0.2, 0.25) is 0 Å². The van der Waals surface area contributed by atoms with Crippen LogP contribution in [0.15, 0.2) is 0 Å². The van der Waals surface area contributed by atoms with E-state index < -0.39 is 0 Å². The Kier molecular flexibility index (Phi) is 3.16. The van der Waals surface area contributed by atoms with Crippen LogP contribution in [0.25, 0.3) is 0 Å². The van der Waals surface area contributed by atoms with Crippen LogP contribution in [0.3, 0.4) is 0 Å². The van der Waals surface area contributed by atoms with E-state index in [9.17, 15) is 9.90 Å². The molecule has 0 aromatic rings. The topological polar surface area (TPSA) is 37.3 Å². The summed E-state index contributed by atoms with van der Waals surface area (Å²) in [4.78, 5) is 12.5. The van der Waals surface area contributed by atoms with Crippen LogP contribution in [0.4, 0.5) is 0 Å². The van der Waals surface area contributed by atoms with Crippen molar-refractivity contribution in [1.29, 1.82) is 0 Å². The summed E-state index contributed by atoms with van der Waals surface area (Å²) >= 11 is 0. The first-order valence-corrected chi connectivity index (χ1v) is 9.48. The molecule has 4 rings (SSSR count). The second kappa shape index (κ2) is 4.59. The Bertz CT molecular complexity index is 496. The lowest BCUT2D eigenvalue weighted by atomic mass is 9.41. The number of aliphatic hydroxyl groups excluding tert-OH is 1. The first kappa shape index (κ1) is 15.2. The van der Waals surface area contributed by atoms with Crippen LogP contribution in [0.5, 0.6) is 0 Å². The lowest BCUT2D eigenvalue weighted by Crippen LogP contribution is -2.58. The summed E-state index contributed by atoms with van der Waals surface area (Å²) < 4.78 is 0. The normalized spacial score (nSPS) is 53.0. The summed E-state index contributed by atoms with van der Waals surface area (Å²) in [6.07, 6.45) is 9.72. The van der Waals surface area contributed by atoms with Crippen LogP contribution in [0, 0.1) is 39.9 Å². The van der Waals surface area contributed by atoms with Crippen LogP contribution >= 0.6 is 0 Å². The molecule has 124 valence electrons. The summed E-state index contributed by atoms with van der Waals surface area (Å²) in [6.45, 7) is 7.34. The van der Waals surface area contributed by atoms with Gasteiger partial charge in [-0.1, -0.05) is 20.8 Å². The third kappa shape index (κ3) is 1.74. The zero-order valence-electron chi connectivity index (χ0n) is 14.5. The predicted octanol–water partition coefficient (Wildman–Crippen LogP) is 4.21. The third-order valence-electron chi connectivity index (χ3n) is 8.81. The molecule has 6 atom stereocenters. The van der Waals surface area contributed by atoms with Crippen molar-refractivity contribution in [2.45, 2.75) is 72.1 Å². The quantitative estimate of drug-likeness (QED) is 0.788. The Labute approximate surface area is 135 Å². The molecule has 2 heteroatoms. The van der Waals surface area contributed by atoms with Crippen LogP contribution < -0.4 is 0 Å². The van der Waals surface area contributed by atoms with Crippen LogP contribution in [0.1, 0.15) is 72.1 Å². The van der Waals surface area contributed by atoms with Crippen molar-refractivity contribution in [1.82, 2.24) is 0 Å². The molecule has 4 aliphatic rings. The van der Waals surface area contributed by atoms with E-state index in [0.717, 1.165) is 24.7 Å². The van der Waals surface area contributed by atoms with E-state index in [1.807, 2.05) is 0 Å². The van der Waals surface area contributed by atoms with Crippen molar-refractivity contribution in [2.75, 3.05) is 6.61 Å². The molecule has 1 spiro atoms. The van der Waals surface area contributed by atoms with Gasteiger partial charge >= 0.3 is 0 Å². The van der Waals surface area contributed by atoms with Crippen LogP contribution in [-0.2, 0) is 4.79 Å². The SMILES string of the molecule is CC1(C)C(=O)CC[C@]2(C)C1CC[C@]13C[C@@H](CO)[C@@H](CCC12)C3. The minimum atomic E-state index is -0.125. The van der Waals surface area contributed by atoms with Gasteiger partial charge in [-0.2, -0.15) is 0 Å². The monoisotopic (exact) mass is 304 g/mol. The maximum absolute atomic E-state index is 12.5. The maximum atomic E-state index is 12.5. The number of carbonyl (C=O) groups excluding carboxylic acids is 1. The number of Topliss-reactive ketones (excluding diaryl/α,β-unsaturated/α-hetero) is 1. The number of rotatable bonds is 1. The highest BCUT2D eigenvalue weighted by Crippen LogP contribution is 2.71. The van der Waals surface area contributed by atoms with Gasteiger partial charge in [-0.25, -0.2) is 0 Å². The molecule has 0 amide bonds. The standard InChI is InChI=1S/C20H32O2/c1-18(2)15-6-9-20-10-13(14(11-20)12-21)4-5-16(20)19(15,3)8-7-17(18)22/h13-16,21H,4-12H2,1-3H3/t13-,14-,15?,16?,19+,20-/m0/s1. The van der Waals surface area contributed by atoms with E-state index in [-0.39, 0.29) is 5.41 Å². The van der Waals surface area contributed by atoms with Gasteiger partial charge < -0.3 is 5.11 Å². The molecule has 4 saturated carbocycles. The van der Waals surface area contributed by atoms with Gasteiger partial charge in [0.1, 0.15) is 5.78 Å². The predicted molar refractivity (Wildman–Crippen MR) is 87.3 cm³/mol. The van der Waals surface area contributed by atoms with Gasteiger partial charge in [0.15, 0.2) is 0 Å². The van der Waals surface area contributed by atoms with Gasteiger partial charge in [-0.05, 0) is 79.4 Å². The van der Waals surface area contributed by atoms with Crippen molar-refractivity contribution in [3.8, 4) is 0 Å². The highest BCUT2D eigenvalue weighted by Gasteiger charge is 2.65. The molecule has 2 unspecified atom stereocenters. The number of hydrogen-bond donors (Lipinski definition) is 1. The molecule has 0 aromatic heterocycles. The summed E-state index contributed by atoms with van der Waals surface area (Å²) in [7, 11) is 0. The van der Waals surface area contributed by atoms with Gasteiger partial charge in [0, 0.05) is 18.4 Å². The molecule has 1 N–H and O–H groups in total. The fourth-order valence-corrected chi connectivity index (χ4v) is 7.83. The van der Waals surface area contributed by atoms with Gasteiger partial charge in [-0.15, -0.1) is 0 Å². The maximum Gasteiger partial charge on any atom is 0.138 e. The lowest BCUT2D eigenvalue weighted by Gasteiger charge is -2.63. The van der Waals surface area contributed by atoms with E-state index in [4.69, 9.17) is 0 Å². The zero-order chi connectivity index (χ0) is 15.8. The largest absolute Gasteiger partial charge is 0.396 e. The molecule has 2 nitrogen and oxygen atoms in total. The minimum Gasteiger partial charge on any atom is -0.396 e. The van der Waals surface area contributed by atoms with E-state index in [1.54, 1.807) is 0 Å². The number of aliphatic hydroxyl groups is 1. The van der Waals surface area contributed by atoms with Crippen LogP contribution in [0.2, 0.25) is 0 Å². The summed E-state index contributed by atoms with van der Waals surface area (Å²) in [5, 5.41) is 9.77. The molecular formula is C20H32O2. The minimum absolute atomic E-state index is 0.125. The molecule has 4 aliphatic carbocycles. The molecule has 0 saturated heterocycles. The summed E-state index contributed by atoms with van der Waals surface area (Å²) in [5.41, 5.74) is 0.726. The fourth-order valence-electron chi connectivity index (χ4n) is 7.83. The van der Waals surface area contributed by atoms with Crippen LogP contribution in [-0.4, -0.2) is 17.5 Å². The number of hydrogen-bond acceptors (Lipinski definition) is 2. The Hall–Kier alpha value is -0.370. The summed E-state index contributed by atoms with van der Waals surface area (Å²) in [6, 6.07) is 0. The number of ketones is 1. The Morgan fingerprint density at radius 2 is 1.82 bits per heavy atom. The Balaban J connectivity index is 1.71. The molecule has 4 fully saturated rings. The highest BCUT2D eigenvalue weighted by molar-refractivity contribution is 5.85.